The average molecular weight is 526 g/mol. The molecule has 1 aliphatic heterocycles. The molecule has 0 unspecified atom stereocenters. The van der Waals surface area contributed by atoms with Crippen molar-refractivity contribution in [3.63, 3.8) is 0 Å². The van der Waals surface area contributed by atoms with Gasteiger partial charge in [-0.05, 0) is 62.2 Å². The maximum Gasteiger partial charge on any atom is 0.256 e. The van der Waals surface area contributed by atoms with Gasteiger partial charge in [-0.15, -0.1) is 0 Å². The second kappa shape index (κ2) is 10.00. The number of fused-ring (bicyclic) bond motifs is 1. The van der Waals surface area contributed by atoms with Crippen LogP contribution in [-0.4, -0.2) is 53.6 Å². The monoisotopic (exact) mass is 525 g/mol. The molecule has 2 aromatic carbocycles. The number of nitrogens with one attached hydrogen (secondary N) is 1. The molecule has 3 heterocycles. The zero-order valence-electron chi connectivity index (χ0n) is 20.1. The number of sulfonamides is 1. The molecule has 1 saturated heterocycles. The maximum atomic E-state index is 13.0. The normalized spacial score (nSPS) is 15.1. The number of hydrogen-bond donors (Lipinski definition) is 1. The van der Waals surface area contributed by atoms with Crippen molar-refractivity contribution >= 4 is 43.3 Å². The first-order valence-electron chi connectivity index (χ1n) is 11.8. The van der Waals surface area contributed by atoms with Gasteiger partial charge in [-0.25, -0.2) is 13.4 Å². The van der Waals surface area contributed by atoms with Gasteiger partial charge in [0.15, 0.2) is 0 Å². The minimum Gasteiger partial charge on any atom is -0.497 e. The molecule has 0 atom stereocenters. The molecule has 0 bridgehead atoms. The number of amides is 1. The first kappa shape index (κ1) is 24.4. The molecular weight excluding hydrogens is 498 g/mol. The van der Waals surface area contributed by atoms with Crippen molar-refractivity contribution in [1.82, 2.24) is 19.1 Å². The fraction of sp³-hybridized carbons (Fsp3) is 0.320. The maximum absolute atomic E-state index is 13.0. The molecule has 0 saturated carbocycles. The average Bonchev–Trinajstić information content (AvgIpc) is 3.34. The molecule has 1 amide bonds. The number of rotatable bonds is 6. The van der Waals surface area contributed by atoms with Gasteiger partial charge in [0, 0.05) is 24.7 Å². The van der Waals surface area contributed by atoms with Crippen LogP contribution in [0.3, 0.4) is 0 Å². The number of carbonyl (C=O) groups excluding carboxylic acids is 1. The van der Waals surface area contributed by atoms with Crippen LogP contribution in [0.2, 0.25) is 0 Å². The Labute approximate surface area is 213 Å². The third kappa shape index (κ3) is 4.86. The number of methoxy groups -OCH3 is 1. The molecule has 0 aliphatic carbocycles. The molecule has 1 N–H and O–H groups in total. The standard InChI is InChI=1S/C25H27N5O4S2/c1-17-15-23(30(28-17)25-26-21-12-9-19(34-2)16-22(21)35-25)27-24(31)18-7-10-20(11-8-18)36(32,33)29-13-5-3-4-6-14-29/h7-12,15-16H,3-6,13-14H2,1-2H3,(H,27,31). The van der Waals surface area contributed by atoms with Gasteiger partial charge >= 0.3 is 0 Å². The van der Waals surface area contributed by atoms with Crippen molar-refractivity contribution in [1.29, 1.82) is 0 Å². The van der Waals surface area contributed by atoms with Crippen molar-refractivity contribution in [3.05, 3.63) is 59.8 Å². The van der Waals surface area contributed by atoms with E-state index in [0.717, 1.165) is 47.3 Å². The number of aromatic nitrogens is 3. The fourth-order valence-electron chi connectivity index (χ4n) is 4.24. The topological polar surface area (TPSA) is 106 Å². The molecule has 1 fully saturated rings. The Morgan fingerprint density at radius 2 is 1.75 bits per heavy atom. The van der Waals surface area contributed by atoms with Gasteiger partial charge in [0.1, 0.15) is 11.6 Å². The zero-order valence-corrected chi connectivity index (χ0v) is 21.7. The second-order valence-electron chi connectivity index (χ2n) is 8.71. The summed E-state index contributed by atoms with van der Waals surface area (Å²) >= 11 is 1.44. The molecule has 0 spiro atoms. The van der Waals surface area contributed by atoms with Gasteiger partial charge in [0.2, 0.25) is 15.2 Å². The van der Waals surface area contributed by atoms with Crippen molar-refractivity contribution in [3.8, 4) is 10.9 Å². The highest BCUT2D eigenvalue weighted by atomic mass is 32.2. The highest BCUT2D eigenvalue weighted by Gasteiger charge is 2.25. The van der Waals surface area contributed by atoms with E-state index in [1.165, 1.54) is 35.6 Å². The highest BCUT2D eigenvalue weighted by Crippen LogP contribution is 2.30. The first-order valence-corrected chi connectivity index (χ1v) is 14.0. The lowest BCUT2D eigenvalue weighted by molar-refractivity contribution is 0.102. The molecule has 0 radical (unpaired) electrons. The van der Waals surface area contributed by atoms with Gasteiger partial charge in [-0.3, -0.25) is 4.79 Å². The first-order chi connectivity index (χ1) is 17.3. The van der Waals surface area contributed by atoms with E-state index in [4.69, 9.17) is 4.74 Å². The Bertz CT molecular complexity index is 1500. The third-order valence-corrected chi connectivity index (χ3v) is 9.06. The van der Waals surface area contributed by atoms with Gasteiger partial charge in [-0.2, -0.15) is 14.1 Å². The summed E-state index contributed by atoms with van der Waals surface area (Å²) in [7, 11) is -1.96. The smallest absolute Gasteiger partial charge is 0.256 e. The van der Waals surface area contributed by atoms with E-state index in [2.05, 4.69) is 15.4 Å². The molecule has 9 nitrogen and oxygen atoms in total. The largest absolute Gasteiger partial charge is 0.497 e. The molecule has 4 aromatic rings. The summed E-state index contributed by atoms with van der Waals surface area (Å²) < 4.78 is 35.4. The van der Waals surface area contributed by atoms with Gasteiger partial charge in [-0.1, -0.05) is 24.2 Å². The number of thiazole rings is 1. The summed E-state index contributed by atoms with van der Waals surface area (Å²) in [5, 5.41) is 8.00. The lowest BCUT2D eigenvalue weighted by Crippen LogP contribution is -2.31. The molecule has 2 aromatic heterocycles. The third-order valence-electron chi connectivity index (χ3n) is 6.16. The number of hydrogen-bond acceptors (Lipinski definition) is 7. The van der Waals surface area contributed by atoms with Crippen LogP contribution in [-0.2, 0) is 10.0 Å². The Morgan fingerprint density at radius 1 is 1.03 bits per heavy atom. The summed E-state index contributed by atoms with van der Waals surface area (Å²) in [6.45, 7) is 2.91. The zero-order chi connectivity index (χ0) is 25.3. The van der Waals surface area contributed by atoms with Crippen LogP contribution in [0, 0.1) is 6.92 Å². The van der Waals surface area contributed by atoms with E-state index in [1.54, 1.807) is 22.2 Å². The minimum absolute atomic E-state index is 0.201. The van der Waals surface area contributed by atoms with E-state index in [0.29, 0.717) is 29.6 Å². The van der Waals surface area contributed by atoms with Gasteiger partial charge in [0.05, 0.1) is 27.9 Å². The van der Waals surface area contributed by atoms with Crippen LogP contribution >= 0.6 is 11.3 Å². The molecular formula is C25H27N5O4S2. The lowest BCUT2D eigenvalue weighted by atomic mass is 10.2. The van der Waals surface area contributed by atoms with Gasteiger partial charge < -0.3 is 10.1 Å². The van der Waals surface area contributed by atoms with Gasteiger partial charge in [0.25, 0.3) is 5.91 Å². The van der Waals surface area contributed by atoms with E-state index >= 15 is 0 Å². The highest BCUT2D eigenvalue weighted by molar-refractivity contribution is 7.89. The molecule has 188 valence electrons. The van der Waals surface area contributed by atoms with E-state index in [1.807, 2.05) is 25.1 Å². The summed E-state index contributed by atoms with van der Waals surface area (Å²) in [4.78, 5) is 17.9. The SMILES string of the molecule is COc1ccc2nc(-n3nc(C)cc3NC(=O)c3ccc(S(=O)(=O)N4CCCCCC4)cc3)sc2c1. The summed E-state index contributed by atoms with van der Waals surface area (Å²) in [6.07, 6.45) is 3.84. The second-order valence-corrected chi connectivity index (χ2v) is 11.7. The van der Waals surface area contributed by atoms with Crippen LogP contribution in [0.25, 0.3) is 15.3 Å². The Kier molecular flexibility index (Phi) is 6.78. The van der Waals surface area contributed by atoms with Crippen LogP contribution in [0.15, 0.2) is 53.4 Å². The fourth-order valence-corrected chi connectivity index (χ4v) is 6.72. The quantitative estimate of drug-likeness (QED) is 0.394. The molecule has 5 rings (SSSR count). The van der Waals surface area contributed by atoms with Crippen LogP contribution in [0.4, 0.5) is 5.82 Å². The van der Waals surface area contributed by atoms with E-state index in [9.17, 15) is 13.2 Å². The number of ether oxygens (including phenoxy) is 1. The number of nitrogens with zero attached hydrogens (tertiary/aromatic N) is 4. The van der Waals surface area contributed by atoms with Crippen LogP contribution in [0.5, 0.6) is 5.75 Å². The minimum atomic E-state index is -3.57. The summed E-state index contributed by atoms with van der Waals surface area (Å²) in [5.41, 5.74) is 1.88. The Hall–Kier alpha value is -3.28. The number of benzene rings is 2. The van der Waals surface area contributed by atoms with Crippen molar-refractivity contribution in [2.45, 2.75) is 37.5 Å². The Balaban J connectivity index is 1.36. The summed E-state index contributed by atoms with van der Waals surface area (Å²) in [5.74, 6) is 0.853. The molecule has 11 heteroatoms. The van der Waals surface area contributed by atoms with Crippen molar-refractivity contribution in [2.75, 3.05) is 25.5 Å². The number of aryl methyl sites for hydroxylation is 1. The lowest BCUT2D eigenvalue weighted by Gasteiger charge is -2.20. The molecule has 36 heavy (non-hydrogen) atoms. The van der Waals surface area contributed by atoms with Crippen LogP contribution in [0.1, 0.15) is 41.7 Å². The number of carbonyl (C=O) groups is 1. The number of anilines is 1. The van der Waals surface area contributed by atoms with Crippen molar-refractivity contribution in [2.24, 2.45) is 0 Å². The van der Waals surface area contributed by atoms with Crippen LogP contribution < -0.4 is 10.1 Å². The van der Waals surface area contributed by atoms with E-state index < -0.39 is 10.0 Å². The Morgan fingerprint density at radius 3 is 2.44 bits per heavy atom. The van der Waals surface area contributed by atoms with Crippen molar-refractivity contribution < 1.29 is 17.9 Å². The predicted octanol–water partition coefficient (Wildman–Crippen LogP) is 4.62. The summed E-state index contributed by atoms with van der Waals surface area (Å²) in [6, 6.07) is 13.5. The van der Waals surface area contributed by atoms with E-state index in [-0.39, 0.29) is 10.8 Å². The predicted molar refractivity (Wildman–Crippen MR) is 140 cm³/mol. The molecule has 1 aliphatic rings.